The van der Waals surface area contributed by atoms with E-state index in [1.165, 1.54) is 5.56 Å². The third-order valence-corrected chi connectivity index (χ3v) is 9.26. The molecule has 1 saturated carbocycles. The molecule has 2 aliphatic heterocycles. The zero-order valence-electron chi connectivity index (χ0n) is 24.9. The van der Waals surface area contributed by atoms with Gasteiger partial charge in [0.1, 0.15) is 0 Å². The summed E-state index contributed by atoms with van der Waals surface area (Å²) in [6.07, 6.45) is 4.41. The van der Waals surface area contributed by atoms with E-state index in [1.807, 2.05) is 34.1 Å². The predicted octanol–water partition coefficient (Wildman–Crippen LogP) is 3.54. The number of nitrogens with one attached hydrogen (secondary N) is 1. The first-order chi connectivity index (χ1) is 20.9. The van der Waals surface area contributed by atoms with Gasteiger partial charge in [0.05, 0.1) is 17.7 Å². The normalized spacial score (nSPS) is 21.4. The lowest BCUT2D eigenvalue weighted by molar-refractivity contribution is -0.134. The van der Waals surface area contributed by atoms with Crippen molar-refractivity contribution in [2.24, 2.45) is 10.9 Å². The molecule has 2 atom stereocenters. The van der Waals surface area contributed by atoms with Crippen molar-refractivity contribution in [3.8, 4) is 0 Å². The number of hydrogen-bond acceptors (Lipinski definition) is 6. The number of nitrogens with zero attached hydrogens (tertiary/aromatic N) is 5. The molecule has 3 heterocycles. The van der Waals surface area contributed by atoms with Gasteiger partial charge in [-0.25, -0.2) is 5.10 Å². The topological polar surface area (TPSA) is 102 Å². The van der Waals surface area contributed by atoms with Gasteiger partial charge >= 0.3 is 0 Å². The van der Waals surface area contributed by atoms with E-state index in [2.05, 4.69) is 53.5 Å². The number of aromatic nitrogens is 2. The molecule has 7 rings (SSSR count). The van der Waals surface area contributed by atoms with E-state index < -0.39 is 0 Å². The van der Waals surface area contributed by atoms with Crippen molar-refractivity contribution in [2.45, 2.75) is 50.6 Å². The fourth-order valence-corrected chi connectivity index (χ4v) is 6.93. The minimum atomic E-state index is -0.257. The Hall–Kier alpha value is -4.11. The van der Waals surface area contributed by atoms with Crippen molar-refractivity contribution < 1.29 is 9.59 Å². The van der Waals surface area contributed by atoms with Gasteiger partial charge < -0.3 is 14.7 Å². The zero-order chi connectivity index (χ0) is 29.7. The Morgan fingerprint density at radius 1 is 0.953 bits per heavy atom. The third-order valence-electron chi connectivity index (χ3n) is 9.26. The van der Waals surface area contributed by atoms with Gasteiger partial charge in [-0.15, -0.1) is 0 Å². The highest BCUT2D eigenvalue weighted by molar-refractivity contribution is 6.05. The van der Waals surface area contributed by atoms with Crippen LogP contribution in [0, 0.1) is 5.92 Å². The molecule has 43 heavy (non-hydrogen) atoms. The smallest absolute Gasteiger partial charge is 0.268 e. The summed E-state index contributed by atoms with van der Waals surface area (Å²) < 4.78 is 0. The fraction of sp³-hybridized carbons (Fsp3) is 0.441. The molecule has 2 aliphatic carbocycles. The number of aliphatic imine (C=N–C) groups is 1. The van der Waals surface area contributed by atoms with Gasteiger partial charge in [0.2, 0.25) is 5.91 Å². The van der Waals surface area contributed by atoms with E-state index >= 15 is 0 Å². The van der Waals surface area contributed by atoms with E-state index in [9.17, 15) is 14.4 Å². The number of carbonyl (C=O) groups is 2. The molecule has 1 saturated heterocycles. The molecule has 4 aliphatic rings. The fourth-order valence-electron chi connectivity index (χ4n) is 6.93. The Balaban J connectivity index is 1.23. The van der Waals surface area contributed by atoms with Crippen LogP contribution in [-0.4, -0.2) is 82.7 Å². The summed E-state index contributed by atoms with van der Waals surface area (Å²) in [5.74, 6) is 0.153. The van der Waals surface area contributed by atoms with E-state index in [-0.39, 0.29) is 35.3 Å². The van der Waals surface area contributed by atoms with Crippen molar-refractivity contribution in [1.29, 1.82) is 0 Å². The minimum Gasteiger partial charge on any atom is -0.339 e. The van der Waals surface area contributed by atoms with Gasteiger partial charge in [0, 0.05) is 61.0 Å². The molecule has 0 radical (unpaired) electrons. The number of H-pyrrole nitrogens is 1. The first kappa shape index (κ1) is 27.7. The van der Waals surface area contributed by atoms with Crippen LogP contribution < -0.4 is 5.56 Å². The second-order valence-electron chi connectivity index (χ2n) is 12.6. The molecular weight excluding hydrogens is 540 g/mol. The van der Waals surface area contributed by atoms with E-state index in [0.717, 1.165) is 65.9 Å². The molecule has 9 heteroatoms. The van der Waals surface area contributed by atoms with Crippen molar-refractivity contribution in [3.05, 3.63) is 98.0 Å². The molecule has 9 nitrogen and oxygen atoms in total. The van der Waals surface area contributed by atoms with Gasteiger partial charge in [-0.05, 0) is 75.0 Å². The molecule has 2 amide bonds. The predicted molar refractivity (Wildman–Crippen MR) is 164 cm³/mol. The summed E-state index contributed by atoms with van der Waals surface area (Å²) in [4.78, 5) is 50.2. The number of rotatable bonds is 6. The lowest BCUT2D eigenvalue weighted by Gasteiger charge is -2.35. The number of carbonyl (C=O) groups excluding carboxylic acids is 2. The highest BCUT2D eigenvalue weighted by Gasteiger charge is 2.39. The third kappa shape index (κ3) is 5.31. The van der Waals surface area contributed by atoms with Crippen LogP contribution in [0.2, 0.25) is 0 Å². The van der Waals surface area contributed by atoms with Gasteiger partial charge in [-0.1, -0.05) is 36.4 Å². The standard InChI is InChI=1S/C34H38N6O3/c1-38(2)20-21-9-11-22(12-10-21)30-28(31-29-26(32(41)37-36-31)7-4-8-27(29)35-30)24-5-3-6-25(19-24)34(43)40-17-15-39(16-18-40)33(42)23-13-14-23/h3,5-6,9-12,19,23,28,30H,4,7-8,13-18,20H2,1-2H3,(H,37,41). The molecular formula is C34H38N6O3. The zero-order valence-corrected chi connectivity index (χ0v) is 24.9. The van der Waals surface area contributed by atoms with Crippen molar-refractivity contribution in [3.63, 3.8) is 0 Å². The van der Waals surface area contributed by atoms with Crippen LogP contribution in [0.25, 0.3) is 0 Å². The van der Waals surface area contributed by atoms with Gasteiger partial charge in [0.25, 0.3) is 11.5 Å². The highest BCUT2D eigenvalue weighted by Crippen LogP contribution is 2.45. The number of aromatic amines is 1. The van der Waals surface area contributed by atoms with Crippen LogP contribution >= 0.6 is 0 Å². The maximum atomic E-state index is 13.7. The molecule has 1 aromatic heterocycles. The van der Waals surface area contributed by atoms with Crippen LogP contribution in [0.4, 0.5) is 0 Å². The van der Waals surface area contributed by atoms with Crippen LogP contribution in [0.3, 0.4) is 0 Å². The molecule has 2 unspecified atom stereocenters. The molecule has 0 spiro atoms. The van der Waals surface area contributed by atoms with Crippen molar-refractivity contribution in [2.75, 3.05) is 40.3 Å². The Morgan fingerprint density at radius 3 is 2.42 bits per heavy atom. The number of amides is 2. The Morgan fingerprint density at radius 2 is 1.70 bits per heavy atom. The number of hydrogen-bond donors (Lipinski definition) is 1. The molecule has 222 valence electrons. The Kier molecular flexibility index (Phi) is 7.21. The molecule has 2 fully saturated rings. The van der Waals surface area contributed by atoms with Crippen LogP contribution in [0.1, 0.15) is 81.5 Å². The average Bonchev–Trinajstić information content (AvgIpc) is 3.88. The first-order valence-corrected chi connectivity index (χ1v) is 15.5. The second-order valence-corrected chi connectivity index (χ2v) is 12.6. The SMILES string of the molecule is CN(C)Cc1ccc(C2N=C3CCCc4c3c(n[nH]c4=O)C2c2cccc(C(=O)N3CCN(C(=O)C4CC4)CC3)c2)cc1. The molecule has 3 aromatic rings. The monoisotopic (exact) mass is 578 g/mol. The lowest BCUT2D eigenvalue weighted by atomic mass is 9.76. The Bertz CT molecular complexity index is 1650. The van der Waals surface area contributed by atoms with Crippen LogP contribution in [0.15, 0.2) is 58.3 Å². The summed E-state index contributed by atoms with van der Waals surface area (Å²) in [6.45, 7) is 3.09. The van der Waals surface area contributed by atoms with Crippen LogP contribution in [0.5, 0.6) is 0 Å². The average molecular weight is 579 g/mol. The van der Waals surface area contributed by atoms with Crippen LogP contribution in [-0.2, 0) is 17.8 Å². The maximum absolute atomic E-state index is 13.7. The quantitative estimate of drug-likeness (QED) is 0.482. The Labute approximate surface area is 251 Å². The van der Waals surface area contributed by atoms with E-state index in [1.54, 1.807) is 0 Å². The summed E-state index contributed by atoms with van der Waals surface area (Å²) in [7, 11) is 4.12. The molecule has 1 N–H and O–H groups in total. The van der Waals surface area contributed by atoms with Gasteiger partial charge in [0.15, 0.2) is 0 Å². The summed E-state index contributed by atoms with van der Waals surface area (Å²) >= 11 is 0. The van der Waals surface area contributed by atoms with Gasteiger partial charge in [-0.3, -0.25) is 19.4 Å². The lowest BCUT2D eigenvalue weighted by Crippen LogP contribution is -2.51. The van der Waals surface area contributed by atoms with E-state index in [0.29, 0.717) is 38.2 Å². The van der Waals surface area contributed by atoms with Crippen molar-refractivity contribution >= 4 is 17.5 Å². The second kappa shape index (κ2) is 11.2. The number of piperazine rings is 1. The molecule has 0 bridgehead atoms. The largest absolute Gasteiger partial charge is 0.339 e. The molecule has 2 aromatic carbocycles. The number of benzene rings is 2. The van der Waals surface area contributed by atoms with Crippen molar-refractivity contribution in [1.82, 2.24) is 24.9 Å². The van der Waals surface area contributed by atoms with Gasteiger partial charge in [-0.2, -0.15) is 5.10 Å². The summed E-state index contributed by atoms with van der Waals surface area (Å²) in [6, 6.07) is 16.2. The summed E-state index contributed by atoms with van der Waals surface area (Å²) in [5.41, 5.74) is 7.19. The summed E-state index contributed by atoms with van der Waals surface area (Å²) in [5, 5.41) is 7.43. The minimum absolute atomic E-state index is 0.0265. The van der Waals surface area contributed by atoms with E-state index in [4.69, 9.17) is 4.99 Å². The first-order valence-electron chi connectivity index (χ1n) is 15.5. The maximum Gasteiger partial charge on any atom is 0.268 e. The highest BCUT2D eigenvalue weighted by atomic mass is 16.2.